The van der Waals surface area contributed by atoms with Gasteiger partial charge in [-0.15, -0.1) is 10.2 Å². The SMILES string of the molecule is COc1ccc(-c2cc(C)cc3c2O[C@@H](CNC(=O)c2nn(C)c(=O)c4ccccc24)C3)nn1. The van der Waals surface area contributed by atoms with Gasteiger partial charge in [-0.2, -0.15) is 5.10 Å². The number of nitrogens with one attached hydrogen (secondary N) is 1. The zero-order valence-corrected chi connectivity index (χ0v) is 19.0. The Kier molecular flexibility index (Phi) is 5.45. The van der Waals surface area contributed by atoms with E-state index in [4.69, 9.17) is 9.47 Å². The van der Waals surface area contributed by atoms with Gasteiger partial charge in [-0.05, 0) is 36.2 Å². The highest BCUT2D eigenvalue weighted by Gasteiger charge is 2.28. The molecule has 0 saturated carbocycles. The highest BCUT2D eigenvalue weighted by atomic mass is 16.5. The van der Waals surface area contributed by atoms with Crippen LogP contribution < -0.4 is 20.3 Å². The molecule has 1 aliphatic heterocycles. The van der Waals surface area contributed by atoms with Gasteiger partial charge in [0.05, 0.1) is 24.7 Å². The second-order valence-electron chi connectivity index (χ2n) is 8.24. The topological polar surface area (TPSA) is 108 Å². The van der Waals surface area contributed by atoms with Gasteiger partial charge in [0, 0.05) is 30.5 Å². The minimum Gasteiger partial charge on any atom is -0.487 e. The van der Waals surface area contributed by atoms with Crippen molar-refractivity contribution in [3.63, 3.8) is 0 Å². The smallest absolute Gasteiger partial charge is 0.274 e. The third kappa shape index (κ3) is 3.85. The van der Waals surface area contributed by atoms with E-state index in [1.807, 2.05) is 19.1 Å². The summed E-state index contributed by atoms with van der Waals surface area (Å²) in [5, 5.41) is 16.4. The molecule has 0 spiro atoms. The molecular weight excluding hydrogens is 434 g/mol. The molecular formula is C25H23N5O4. The van der Waals surface area contributed by atoms with Crippen LogP contribution in [-0.2, 0) is 13.5 Å². The molecule has 0 aliphatic carbocycles. The maximum absolute atomic E-state index is 13.0. The summed E-state index contributed by atoms with van der Waals surface area (Å²) in [5.74, 6) is 0.827. The van der Waals surface area contributed by atoms with E-state index in [-0.39, 0.29) is 23.3 Å². The molecule has 2 aromatic heterocycles. The fraction of sp³-hybridized carbons (Fsp3) is 0.240. The van der Waals surface area contributed by atoms with Crippen molar-refractivity contribution in [2.45, 2.75) is 19.4 Å². The van der Waals surface area contributed by atoms with Crippen molar-refractivity contribution in [3.8, 4) is 22.9 Å². The first-order chi connectivity index (χ1) is 16.4. The van der Waals surface area contributed by atoms with Crippen LogP contribution in [0, 0.1) is 6.92 Å². The number of amides is 1. The number of nitrogens with zero attached hydrogens (tertiary/aromatic N) is 4. The van der Waals surface area contributed by atoms with Crippen molar-refractivity contribution < 1.29 is 14.3 Å². The van der Waals surface area contributed by atoms with Crippen molar-refractivity contribution >= 4 is 16.7 Å². The largest absolute Gasteiger partial charge is 0.487 e. The number of carbonyl (C=O) groups is 1. The zero-order chi connectivity index (χ0) is 23.8. The van der Waals surface area contributed by atoms with Crippen LogP contribution in [-0.4, -0.2) is 45.6 Å². The van der Waals surface area contributed by atoms with Gasteiger partial charge in [-0.1, -0.05) is 24.3 Å². The minimum absolute atomic E-state index is 0.207. The molecule has 5 rings (SSSR count). The number of methoxy groups -OCH3 is 1. The molecule has 9 heteroatoms. The number of hydrogen-bond acceptors (Lipinski definition) is 7. The summed E-state index contributed by atoms with van der Waals surface area (Å²) in [4.78, 5) is 25.3. The molecule has 1 amide bonds. The second kappa shape index (κ2) is 8.58. The molecule has 0 radical (unpaired) electrons. The summed E-state index contributed by atoms with van der Waals surface area (Å²) >= 11 is 0. The first kappa shape index (κ1) is 21.6. The Hall–Kier alpha value is -4.27. The molecule has 3 heterocycles. The number of hydrogen-bond donors (Lipinski definition) is 1. The summed E-state index contributed by atoms with van der Waals surface area (Å²) < 4.78 is 12.5. The average molecular weight is 457 g/mol. The van der Waals surface area contributed by atoms with E-state index in [0.29, 0.717) is 35.3 Å². The lowest BCUT2D eigenvalue weighted by Crippen LogP contribution is -2.36. The van der Waals surface area contributed by atoms with E-state index in [0.717, 1.165) is 22.4 Å². The Morgan fingerprint density at radius 2 is 1.97 bits per heavy atom. The van der Waals surface area contributed by atoms with Gasteiger partial charge in [-0.3, -0.25) is 9.59 Å². The molecule has 4 aromatic rings. The van der Waals surface area contributed by atoms with Crippen LogP contribution in [0.2, 0.25) is 0 Å². The van der Waals surface area contributed by atoms with Gasteiger partial charge in [0.25, 0.3) is 11.5 Å². The first-order valence-electron chi connectivity index (χ1n) is 10.9. The van der Waals surface area contributed by atoms with E-state index in [2.05, 4.69) is 26.7 Å². The Morgan fingerprint density at radius 3 is 2.71 bits per heavy atom. The normalized spacial score (nSPS) is 14.5. The minimum atomic E-state index is -0.358. The van der Waals surface area contributed by atoms with Crippen LogP contribution in [0.1, 0.15) is 21.6 Å². The van der Waals surface area contributed by atoms with Crippen molar-refractivity contribution in [2.75, 3.05) is 13.7 Å². The molecule has 0 bridgehead atoms. The molecule has 1 aliphatic rings. The monoisotopic (exact) mass is 457 g/mol. The Bertz CT molecular complexity index is 1460. The Morgan fingerprint density at radius 1 is 1.18 bits per heavy atom. The molecule has 9 nitrogen and oxygen atoms in total. The lowest BCUT2D eigenvalue weighted by Gasteiger charge is -2.14. The van der Waals surface area contributed by atoms with Crippen LogP contribution >= 0.6 is 0 Å². The van der Waals surface area contributed by atoms with Crippen molar-refractivity contribution in [3.05, 3.63) is 75.7 Å². The first-order valence-corrected chi connectivity index (χ1v) is 10.9. The van der Waals surface area contributed by atoms with Gasteiger partial charge >= 0.3 is 0 Å². The van der Waals surface area contributed by atoms with Crippen molar-refractivity contribution in [1.29, 1.82) is 0 Å². The average Bonchev–Trinajstić information content (AvgIpc) is 3.27. The standard InChI is InChI=1S/C25H23N5O4/c1-14-10-15-12-16(34-23(15)19(11-14)20-8-9-21(33-3)28-27-20)13-26-24(31)22-17-6-4-5-7-18(17)25(32)30(2)29-22/h4-11,16H,12-13H2,1-3H3,(H,26,31)/t16-/m1/s1. The predicted molar refractivity (Wildman–Crippen MR) is 126 cm³/mol. The van der Waals surface area contributed by atoms with Crippen molar-refractivity contribution in [1.82, 2.24) is 25.3 Å². The van der Waals surface area contributed by atoms with E-state index in [9.17, 15) is 9.59 Å². The molecule has 0 saturated heterocycles. The third-order valence-corrected chi connectivity index (χ3v) is 5.83. The van der Waals surface area contributed by atoms with Crippen LogP contribution in [0.4, 0.5) is 0 Å². The number of rotatable bonds is 5. The van der Waals surface area contributed by atoms with Crippen molar-refractivity contribution in [2.24, 2.45) is 7.05 Å². The van der Waals surface area contributed by atoms with Gasteiger partial charge in [0.15, 0.2) is 5.69 Å². The van der Waals surface area contributed by atoms with E-state index in [1.165, 1.54) is 11.7 Å². The predicted octanol–water partition coefficient (Wildman–Crippen LogP) is 2.44. The summed E-state index contributed by atoms with van der Waals surface area (Å²) in [6.07, 6.45) is 0.402. The molecule has 0 unspecified atom stereocenters. The summed E-state index contributed by atoms with van der Waals surface area (Å²) in [7, 11) is 3.08. The number of aryl methyl sites for hydroxylation is 2. The number of fused-ring (bicyclic) bond motifs is 2. The van der Waals surface area contributed by atoms with E-state index >= 15 is 0 Å². The third-order valence-electron chi connectivity index (χ3n) is 5.83. The molecule has 172 valence electrons. The lowest BCUT2D eigenvalue weighted by atomic mass is 10.0. The highest BCUT2D eigenvalue weighted by molar-refractivity contribution is 6.04. The van der Waals surface area contributed by atoms with Gasteiger partial charge in [-0.25, -0.2) is 4.68 Å². The second-order valence-corrected chi connectivity index (χ2v) is 8.24. The van der Waals surface area contributed by atoms with Crippen LogP contribution in [0.15, 0.2) is 53.3 Å². The van der Waals surface area contributed by atoms with Crippen LogP contribution in [0.5, 0.6) is 11.6 Å². The van der Waals surface area contributed by atoms with E-state index < -0.39 is 0 Å². The number of carbonyl (C=O) groups excluding carboxylic acids is 1. The van der Waals surface area contributed by atoms with Gasteiger partial charge in [0.2, 0.25) is 5.88 Å². The van der Waals surface area contributed by atoms with Gasteiger partial charge < -0.3 is 14.8 Å². The molecule has 2 aromatic carbocycles. The molecule has 0 fully saturated rings. The maximum Gasteiger partial charge on any atom is 0.274 e. The lowest BCUT2D eigenvalue weighted by molar-refractivity contribution is 0.0928. The molecule has 1 N–H and O–H groups in total. The Balaban J connectivity index is 1.36. The summed E-state index contributed by atoms with van der Waals surface area (Å²) in [6, 6.07) is 14.7. The molecule has 1 atom stereocenters. The summed E-state index contributed by atoms with van der Waals surface area (Å²) in [5.41, 5.74) is 3.64. The van der Waals surface area contributed by atoms with E-state index in [1.54, 1.807) is 37.4 Å². The Labute approximate surface area is 195 Å². The number of benzene rings is 2. The fourth-order valence-corrected chi connectivity index (χ4v) is 4.23. The maximum atomic E-state index is 13.0. The zero-order valence-electron chi connectivity index (χ0n) is 19.0. The van der Waals surface area contributed by atoms with Crippen LogP contribution in [0.3, 0.4) is 0 Å². The van der Waals surface area contributed by atoms with Gasteiger partial charge in [0.1, 0.15) is 11.9 Å². The number of aromatic nitrogens is 4. The fourth-order valence-electron chi connectivity index (χ4n) is 4.23. The summed E-state index contributed by atoms with van der Waals surface area (Å²) in [6.45, 7) is 2.31. The van der Waals surface area contributed by atoms with Crippen LogP contribution in [0.25, 0.3) is 22.0 Å². The quantitative estimate of drug-likeness (QED) is 0.490. The molecule has 34 heavy (non-hydrogen) atoms. The number of ether oxygens (including phenoxy) is 2. The highest BCUT2D eigenvalue weighted by Crippen LogP contribution is 2.39.